The Bertz CT molecular complexity index is 809. The topological polar surface area (TPSA) is 66.7 Å². The summed E-state index contributed by atoms with van der Waals surface area (Å²) >= 11 is 0. The van der Waals surface area contributed by atoms with Gasteiger partial charge in [0.2, 0.25) is 0 Å². The molecular weight excluding hydrogens is 376 g/mol. The first-order chi connectivity index (χ1) is 14.6. The second-order valence-electron chi connectivity index (χ2n) is 8.26. The summed E-state index contributed by atoms with van der Waals surface area (Å²) in [6.07, 6.45) is 1.02. The van der Waals surface area contributed by atoms with Crippen molar-refractivity contribution in [1.29, 1.82) is 0 Å². The highest BCUT2D eigenvalue weighted by molar-refractivity contribution is 5.79. The van der Waals surface area contributed by atoms with Crippen LogP contribution in [0.3, 0.4) is 0 Å². The third-order valence-electron chi connectivity index (χ3n) is 5.76. The van der Waals surface area contributed by atoms with Crippen molar-refractivity contribution in [3.8, 4) is 0 Å². The highest BCUT2D eigenvalue weighted by Crippen LogP contribution is 2.16. The Kier molecular flexibility index (Phi) is 8.51. The quantitative estimate of drug-likeness (QED) is 0.375. The van der Waals surface area contributed by atoms with Gasteiger partial charge in [-0.1, -0.05) is 26.0 Å². The minimum absolute atomic E-state index is 0.448. The molecule has 1 atom stereocenters. The predicted octanol–water partition coefficient (Wildman–Crippen LogP) is 2.65. The molecule has 7 heteroatoms. The smallest absolute Gasteiger partial charge is 0.191 e. The summed E-state index contributed by atoms with van der Waals surface area (Å²) in [5.74, 6) is 2.54. The van der Waals surface area contributed by atoms with E-state index in [1.165, 1.54) is 5.52 Å². The number of para-hydroxylation sites is 2. The summed E-state index contributed by atoms with van der Waals surface area (Å²) in [5.41, 5.74) is 2.28. The van der Waals surface area contributed by atoms with Crippen molar-refractivity contribution in [2.75, 3.05) is 45.9 Å². The fourth-order valence-electron chi connectivity index (χ4n) is 4.11. The van der Waals surface area contributed by atoms with Crippen LogP contribution in [0.2, 0.25) is 0 Å². The molecule has 0 saturated carbocycles. The molecule has 1 unspecified atom stereocenters. The van der Waals surface area contributed by atoms with Gasteiger partial charge in [0.05, 0.1) is 30.8 Å². The van der Waals surface area contributed by atoms with Crippen LogP contribution in [0.5, 0.6) is 0 Å². The largest absolute Gasteiger partial charge is 0.379 e. The molecular formula is C23H38N6O. The second-order valence-corrected chi connectivity index (χ2v) is 8.26. The van der Waals surface area contributed by atoms with Crippen LogP contribution in [-0.4, -0.2) is 72.4 Å². The fourth-order valence-corrected chi connectivity index (χ4v) is 4.11. The minimum atomic E-state index is 0.448. The number of fused-ring (bicyclic) bond motifs is 1. The van der Waals surface area contributed by atoms with E-state index in [-0.39, 0.29) is 0 Å². The summed E-state index contributed by atoms with van der Waals surface area (Å²) in [5, 5.41) is 6.90. The molecule has 7 nitrogen and oxygen atoms in total. The Morgan fingerprint density at radius 1 is 1.20 bits per heavy atom. The molecule has 1 aliphatic rings. The molecule has 1 aromatic heterocycles. The molecule has 166 valence electrons. The van der Waals surface area contributed by atoms with Gasteiger partial charge in [0.15, 0.2) is 5.96 Å². The zero-order valence-electron chi connectivity index (χ0n) is 19.0. The number of nitrogens with zero attached hydrogens (tertiary/aromatic N) is 4. The predicted molar refractivity (Wildman–Crippen MR) is 124 cm³/mol. The number of aromatic nitrogens is 2. The van der Waals surface area contributed by atoms with Crippen LogP contribution < -0.4 is 10.6 Å². The van der Waals surface area contributed by atoms with Crippen molar-refractivity contribution in [1.82, 2.24) is 25.1 Å². The minimum Gasteiger partial charge on any atom is -0.379 e. The third-order valence-corrected chi connectivity index (χ3v) is 5.76. The first-order valence-electron chi connectivity index (χ1n) is 11.4. The maximum atomic E-state index is 5.52. The molecule has 1 fully saturated rings. The van der Waals surface area contributed by atoms with E-state index in [0.29, 0.717) is 12.0 Å². The van der Waals surface area contributed by atoms with Crippen LogP contribution in [0, 0.1) is 12.8 Å². The lowest BCUT2D eigenvalue weighted by Gasteiger charge is -2.36. The molecule has 0 bridgehead atoms. The van der Waals surface area contributed by atoms with Crippen LogP contribution >= 0.6 is 0 Å². The number of imidazole rings is 1. The van der Waals surface area contributed by atoms with Gasteiger partial charge in [-0.3, -0.25) is 9.89 Å². The number of nitrogens with one attached hydrogen (secondary N) is 2. The van der Waals surface area contributed by atoms with E-state index in [2.05, 4.69) is 71.0 Å². The SMILES string of the molecule is CCNC(=NCC(C(C)C)N1CCOCC1)NCCCn1c(C)nc2ccccc21. The van der Waals surface area contributed by atoms with E-state index >= 15 is 0 Å². The van der Waals surface area contributed by atoms with Gasteiger partial charge < -0.3 is 19.9 Å². The van der Waals surface area contributed by atoms with Gasteiger partial charge in [0.25, 0.3) is 0 Å². The van der Waals surface area contributed by atoms with Crippen molar-refractivity contribution >= 4 is 17.0 Å². The number of aliphatic imine (C=N–C) groups is 1. The Morgan fingerprint density at radius 3 is 2.70 bits per heavy atom. The molecule has 0 aliphatic carbocycles. The van der Waals surface area contributed by atoms with Gasteiger partial charge >= 0.3 is 0 Å². The summed E-state index contributed by atoms with van der Waals surface area (Å²) in [7, 11) is 0. The van der Waals surface area contributed by atoms with Crippen LogP contribution in [0.25, 0.3) is 11.0 Å². The lowest BCUT2D eigenvalue weighted by molar-refractivity contribution is 0.00867. The lowest BCUT2D eigenvalue weighted by atomic mass is 10.0. The van der Waals surface area contributed by atoms with E-state index in [9.17, 15) is 0 Å². The fraction of sp³-hybridized carbons (Fsp3) is 0.652. The second kappa shape index (κ2) is 11.3. The highest BCUT2D eigenvalue weighted by Gasteiger charge is 2.23. The van der Waals surface area contributed by atoms with E-state index in [4.69, 9.17) is 9.73 Å². The van der Waals surface area contributed by atoms with Crippen molar-refractivity contribution in [2.45, 2.75) is 46.7 Å². The summed E-state index contributed by atoms with van der Waals surface area (Å²) in [4.78, 5) is 12.1. The van der Waals surface area contributed by atoms with Gasteiger partial charge in [-0.2, -0.15) is 0 Å². The standard InChI is InChI=1S/C23H38N6O/c1-5-24-23(26-17-22(18(2)3)28-13-15-30-16-14-28)25-11-8-12-29-19(4)27-20-9-6-7-10-21(20)29/h6-7,9-10,18,22H,5,8,11-17H2,1-4H3,(H2,24,25,26). The molecule has 0 radical (unpaired) electrons. The van der Waals surface area contributed by atoms with Crippen LogP contribution in [-0.2, 0) is 11.3 Å². The van der Waals surface area contributed by atoms with Gasteiger partial charge in [-0.05, 0) is 38.3 Å². The summed E-state index contributed by atoms with van der Waals surface area (Å²) in [6.45, 7) is 15.9. The van der Waals surface area contributed by atoms with E-state index in [0.717, 1.165) is 76.2 Å². The van der Waals surface area contributed by atoms with Gasteiger partial charge in [0.1, 0.15) is 5.82 Å². The number of ether oxygens (including phenoxy) is 1. The van der Waals surface area contributed by atoms with E-state index in [1.54, 1.807) is 0 Å². The Morgan fingerprint density at radius 2 is 1.97 bits per heavy atom. The first-order valence-corrected chi connectivity index (χ1v) is 11.4. The Labute approximate surface area is 180 Å². The molecule has 1 aliphatic heterocycles. The Balaban J connectivity index is 1.53. The van der Waals surface area contributed by atoms with Crippen LogP contribution in [0.1, 0.15) is 33.0 Å². The number of morpholine rings is 1. The molecule has 0 amide bonds. The van der Waals surface area contributed by atoms with Crippen LogP contribution in [0.4, 0.5) is 0 Å². The molecule has 30 heavy (non-hydrogen) atoms. The van der Waals surface area contributed by atoms with Crippen molar-refractivity contribution in [3.63, 3.8) is 0 Å². The van der Waals surface area contributed by atoms with Gasteiger partial charge in [-0.25, -0.2) is 4.98 Å². The summed E-state index contributed by atoms with van der Waals surface area (Å²) in [6, 6.07) is 8.79. The average Bonchev–Trinajstić information content (AvgIpc) is 3.06. The molecule has 3 rings (SSSR count). The number of hydrogen-bond acceptors (Lipinski definition) is 4. The number of rotatable bonds is 9. The molecule has 2 aromatic rings. The zero-order chi connectivity index (χ0) is 21.3. The molecule has 0 spiro atoms. The van der Waals surface area contributed by atoms with Crippen molar-refractivity contribution in [2.24, 2.45) is 10.9 Å². The number of guanidine groups is 1. The van der Waals surface area contributed by atoms with Crippen molar-refractivity contribution < 1.29 is 4.74 Å². The van der Waals surface area contributed by atoms with Gasteiger partial charge in [-0.15, -0.1) is 0 Å². The Hall–Kier alpha value is -2.12. The maximum Gasteiger partial charge on any atom is 0.191 e. The van der Waals surface area contributed by atoms with Crippen molar-refractivity contribution in [3.05, 3.63) is 30.1 Å². The van der Waals surface area contributed by atoms with Crippen LogP contribution in [0.15, 0.2) is 29.3 Å². The molecule has 1 aromatic carbocycles. The number of aryl methyl sites for hydroxylation is 2. The average molecular weight is 415 g/mol. The zero-order valence-corrected chi connectivity index (χ0v) is 19.0. The van der Waals surface area contributed by atoms with Gasteiger partial charge in [0, 0.05) is 38.8 Å². The third kappa shape index (κ3) is 5.95. The van der Waals surface area contributed by atoms with E-state index in [1.807, 2.05) is 6.07 Å². The number of benzene rings is 1. The lowest BCUT2D eigenvalue weighted by Crippen LogP contribution is -2.48. The first kappa shape index (κ1) is 22.6. The molecule has 2 N–H and O–H groups in total. The normalized spacial score (nSPS) is 16.9. The van der Waals surface area contributed by atoms with E-state index < -0.39 is 0 Å². The molecule has 2 heterocycles. The number of hydrogen-bond donors (Lipinski definition) is 2. The maximum absolute atomic E-state index is 5.52. The monoisotopic (exact) mass is 414 g/mol. The highest BCUT2D eigenvalue weighted by atomic mass is 16.5. The molecule has 1 saturated heterocycles. The summed E-state index contributed by atoms with van der Waals surface area (Å²) < 4.78 is 7.82.